The highest BCUT2D eigenvalue weighted by Crippen LogP contribution is 2.28. The Labute approximate surface area is 164 Å². The zero-order chi connectivity index (χ0) is 19.7. The number of aliphatic hydroxyl groups excluding tert-OH is 1. The maximum absolute atomic E-state index is 9.14. The highest BCUT2D eigenvalue weighted by molar-refractivity contribution is 6.13. The minimum atomic E-state index is 0.204. The Morgan fingerprint density at radius 1 is 1.18 bits per heavy atom. The van der Waals surface area contributed by atoms with Crippen LogP contribution in [0.2, 0.25) is 0 Å². The minimum absolute atomic E-state index is 0.204. The van der Waals surface area contributed by atoms with E-state index < -0.39 is 0 Å². The average Bonchev–Trinajstić information content (AvgIpc) is 3.37. The van der Waals surface area contributed by atoms with Crippen molar-refractivity contribution in [2.24, 2.45) is 4.99 Å². The van der Waals surface area contributed by atoms with Gasteiger partial charge in [0, 0.05) is 35.0 Å². The van der Waals surface area contributed by atoms with Crippen molar-refractivity contribution in [3.05, 3.63) is 76.1 Å². The summed E-state index contributed by atoms with van der Waals surface area (Å²) in [6.07, 6.45) is 5.63. The third kappa shape index (κ3) is 3.29. The van der Waals surface area contributed by atoms with E-state index in [-0.39, 0.29) is 6.61 Å². The lowest BCUT2D eigenvalue weighted by Crippen LogP contribution is -1.93. The Bertz CT molecular complexity index is 1080. The van der Waals surface area contributed by atoms with Gasteiger partial charge in [0.2, 0.25) is 0 Å². The monoisotopic (exact) mass is 375 g/mol. The van der Waals surface area contributed by atoms with Gasteiger partial charge in [-0.25, -0.2) is 4.99 Å². The van der Waals surface area contributed by atoms with Crippen LogP contribution >= 0.6 is 0 Å². The van der Waals surface area contributed by atoms with Gasteiger partial charge in [-0.3, -0.25) is 0 Å². The molecule has 0 atom stereocenters. The van der Waals surface area contributed by atoms with Crippen LogP contribution in [0.1, 0.15) is 34.6 Å². The number of allylic oxidation sites excluding steroid dienone is 1. The van der Waals surface area contributed by atoms with Gasteiger partial charge in [0.15, 0.2) is 0 Å². The number of aromatic nitrogens is 2. The summed E-state index contributed by atoms with van der Waals surface area (Å²) in [5.41, 5.74) is 8.36. The van der Waals surface area contributed by atoms with Crippen molar-refractivity contribution in [1.82, 2.24) is 9.97 Å². The summed E-state index contributed by atoms with van der Waals surface area (Å²) in [4.78, 5) is 11.7. The Morgan fingerprint density at radius 3 is 2.75 bits per heavy atom. The maximum Gasteiger partial charge on any atom is 0.146 e. The number of hydrogen-bond donors (Lipinski definition) is 3. The number of nitrogens with zero attached hydrogens (tertiary/aromatic N) is 1. The Kier molecular flexibility index (Phi) is 4.92. The van der Waals surface area contributed by atoms with Crippen LogP contribution in [-0.4, -0.2) is 34.5 Å². The van der Waals surface area contributed by atoms with Crippen molar-refractivity contribution in [3.8, 4) is 0 Å². The van der Waals surface area contributed by atoms with Crippen LogP contribution in [0.4, 0.5) is 0 Å². The summed E-state index contributed by atoms with van der Waals surface area (Å²) in [6, 6.07) is 10.3. The van der Waals surface area contributed by atoms with Gasteiger partial charge in [0.25, 0.3) is 0 Å². The number of nitrogens with one attached hydrogen (secondary N) is 2. The number of aliphatic hydroxyl groups is 1. The van der Waals surface area contributed by atoms with Crippen LogP contribution < -0.4 is 0 Å². The molecule has 0 saturated carbocycles. The molecule has 4 rings (SSSR count). The van der Waals surface area contributed by atoms with Gasteiger partial charge in [-0.1, -0.05) is 18.2 Å². The Balaban J connectivity index is 1.70. The number of methoxy groups -OCH3 is 1. The van der Waals surface area contributed by atoms with Crippen molar-refractivity contribution in [1.29, 1.82) is 0 Å². The van der Waals surface area contributed by atoms with Crippen LogP contribution in [0.25, 0.3) is 17.0 Å². The molecule has 1 aromatic carbocycles. The smallest absolute Gasteiger partial charge is 0.146 e. The molecule has 3 aromatic rings. The fourth-order valence-corrected chi connectivity index (χ4v) is 3.76. The van der Waals surface area contributed by atoms with Gasteiger partial charge >= 0.3 is 0 Å². The van der Waals surface area contributed by atoms with Crippen molar-refractivity contribution in [3.63, 3.8) is 0 Å². The van der Waals surface area contributed by atoms with Gasteiger partial charge in [-0.2, -0.15) is 0 Å². The normalized spacial score (nSPS) is 15.4. The molecule has 0 spiro atoms. The predicted molar refractivity (Wildman–Crippen MR) is 114 cm³/mol. The zero-order valence-electron chi connectivity index (χ0n) is 16.5. The molecule has 3 N–H and O–H groups in total. The summed E-state index contributed by atoms with van der Waals surface area (Å²) in [5, 5.41) is 10.3. The van der Waals surface area contributed by atoms with Gasteiger partial charge in [0.05, 0.1) is 18.5 Å². The average molecular weight is 375 g/mol. The molecular formula is C23H25N3O2. The van der Waals surface area contributed by atoms with Crippen LogP contribution in [-0.2, 0) is 11.2 Å². The third-order valence-corrected chi connectivity index (χ3v) is 5.28. The van der Waals surface area contributed by atoms with Crippen molar-refractivity contribution in [2.45, 2.75) is 26.7 Å². The zero-order valence-corrected chi connectivity index (χ0v) is 16.5. The van der Waals surface area contributed by atoms with E-state index in [0.717, 1.165) is 58.0 Å². The SMILES string of the molecule is COC1=CC(c2cc3ccccc3[nH]2)=N/C1=C\c1[nH]c(C)c(CCCO)c1C. The number of H-pyrrole nitrogens is 2. The predicted octanol–water partition coefficient (Wildman–Crippen LogP) is 4.41. The Morgan fingerprint density at radius 2 is 2.00 bits per heavy atom. The molecule has 28 heavy (non-hydrogen) atoms. The summed E-state index contributed by atoms with van der Waals surface area (Å²) >= 11 is 0. The molecule has 1 aliphatic rings. The van der Waals surface area contributed by atoms with Gasteiger partial charge in [-0.15, -0.1) is 0 Å². The first-order valence-electron chi connectivity index (χ1n) is 9.54. The highest BCUT2D eigenvalue weighted by Gasteiger charge is 2.19. The van der Waals surface area contributed by atoms with Crippen molar-refractivity contribution in [2.75, 3.05) is 13.7 Å². The van der Waals surface area contributed by atoms with Gasteiger partial charge < -0.3 is 19.8 Å². The minimum Gasteiger partial charge on any atom is -0.494 e. The van der Waals surface area contributed by atoms with E-state index in [0.29, 0.717) is 0 Å². The Hall–Kier alpha value is -3.05. The highest BCUT2D eigenvalue weighted by atomic mass is 16.5. The van der Waals surface area contributed by atoms with Crippen LogP contribution in [0.3, 0.4) is 0 Å². The number of para-hydroxylation sites is 1. The van der Waals surface area contributed by atoms with E-state index in [4.69, 9.17) is 14.8 Å². The van der Waals surface area contributed by atoms with E-state index in [1.165, 1.54) is 11.1 Å². The maximum atomic E-state index is 9.14. The number of benzene rings is 1. The van der Waals surface area contributed by atoms with Gasteiger partial charge in [0.1, 0.15) is 11.5 Å². The fourth-order valence-electron chi connectivity index (χ4n) is 3.76. The topological polar surface area (TPSA) is 73.4 Å². The van der Waals surface area contributed by atoms with E-state index in [9.17, 15) is 0 Å². The second-order valence-corrected chi connectivity index (χ2v) is 7.10. The largest absolute Gasteiger partial charge is 0.494 e. The number of hydrogen-bond acceptors (Lipinski definition) is 3. The first-order chi connectivity index (χ1) is 13.6. The molecule has 2 aromatic heterocycles. The molecule has 0 saturated heterocycles. The second kappa shape index (κ2) is 7.52. The fraction of sp³-hybridized carbons (Fsp3) is 0.261. The molecule has 144 valence electrons. The van der Waals surface area contributed by atoms with E-state index in [2.05, 4.69) is 42.0 Å². The summed E-state index contributed by atoms with van der Waals surface area (Å²) in [6.45, 7) is 4.38. The molecular weight excluding hydrogens is 350 g/mol. The molecule has 0 unspecified atom stereocenters. The van der Waals surface area contributed by atoms with E-state index in [1.54, 1.807) is 7.11 Å². The first kappa shape index (κ1) is 18.3. The molecule has 0 radical (unpaired) electrons. The first-order valence-corrected chi connectivity index (χ1v) is 9.54. The lowest BCUT2D eigenvalue weighted by atomic mass is 10.0. The molecule has 0 bridgehead atoms. The number of rotatable bonds is 6. The number of ether oxygens (including phenoxy) is 1. The van der Waals surface area contributed by atoms with Crippen LogP contribution in [0, 0.1) is 13.8 Å². The molecule has 5 nitrogen and oxygen atoms in total. The molecule has 5 heteroatoms. The molecule has 1 aliphatic heterocycles. The van der Waals surface area contributed by atoms with E-state index >= 15 is 0 Å². The summed E-state index contributed by atoms with van der Waals surface area (Å²) in [5.74, 6) is 0.747. The lowest BCUT2D eigenvalue weighted by Gasteiger charge is -2.02. The van der Waals surface area contributed by atoms with Crippen LogP contribution in [0.5, 0.6) is 0 Å². The number of aromatic amines is 2. The summed E-state index contributed by atoms with van der Waals surface area (Å²) in [7, 11) is 1.67. The van der Waals surface area contributed by atoms with E-state index in [1.807, 2.05) is 24.3 Å². The van der Waals surface area contributed by atoms with Crippen LogP contribution in [0.15, 0.2) is 52.9 Å². The van der Waals surface area contributed by atoms with Gasteiger partial charge in [-0.05, 0) is 56.0 Å². The second-order valence-electron chi connectivity index (χ2n) is 7.10. The quantitative estimate of drug-likeness (QED) is 0.597. The number of aryl methyl sites for hydroxylation is 1. The molecule has 0 aliphatic carbocycles. The van der Waals surface area contributed by atoms with Crippen molar-refractivity contribution < 1.29 is 9.84 Å². The number of aliphatic imine (C=N–C) groups is 1. The third-order valence-electron chi connectivity index (χ3n) is 5.28. The molecule has 0 fully saturated rings. The summed E-state index contributed by atoms with van der Waals surface area (Å²) < 4.78 is 5.58. The van der Waals surface area contributed by atoms with Crippen molar-refractivity contribution >= 4 is 22.7 Å². The molecule has 3 heterocycles. The molecule has 0 amide bonds. The lowest BCUT2D eigenvalue weighted by molar-refractivity contribution is 0.288. The standard InChI is InChI=1S/C23H25N3O2/c1-14-17(8-6-10-27)15(2)24-19(14)12-22-23(28-3)13-21(26-22)20-11-16-7-4-5-9-18(16)25-20/h4-5,7,9,11-13,24-25,27H,6,8,10H2,1-3H3/b22-12-. The number of fused-ring (bicyclic) bond motifs is 1.